The molecule has 3 atom stereocenters. The number of amides is 2. The van der Waals surface area contributed by atoms with E-state index in [-0.39, 0.29) is 30.8 Å². The number of carbonyl (C=O) groups is 2. The summed E-state index contributed by atoms with van der Waals surface area (Å²) in [5, 5.41) is 13.4. The van der Waals surface area contributed by atoms with Gasteiger partial charge in [-0.15, -0.1) is 0 Å². The van der Waals surface area contributed by atoms with Crippen molar-refractivity contribution >= 4 is 21.7 Å². The monoisotopic (exact) mass is 582 g/mol. The van der Waals surface area contributed by atoms with Crippen molar-refractivity contribution in [2.24, 2.45) is 11.5 Å². The maximum absolute atomic E-state index is 13.8. The highest BCUT2D eigenvalue weighted by Gasteiger charge is 2.32. The van der Waals surface area contributed by atoms with Gasteiger partial charge in [0.2, 0.25) is 11.8 Å². The number of aliphatic hydroxyl groups excluding tert-OH is 1. The summed E-state index contributed by atoms with van der Waals surface area (Å²) >= 11 is 0. The van der Waals surface area contributed by atoms with Crippen LogP contribution in [0.2, 0.25) is 0 Å². The van der Waals surface area contributed by atoms with Crippen LogP contribution in [0, 0.1) is 11.6 Å². The fraction of sp³-hybridized carbons (Fsp3) is 0.500. The number of unbranched alkanes of at least 4 members (excludes halogenated alkanes) is 1. The molecule has 9 nitrogen and oxygen atoms in total. The van der Waals surface area contributed by atoms with Crippen molar-refractivity contribution in [3.63, 3.8) is 0 Å². The predicted molar refractivity (Wildman–Crippen MR) is 150 cm³/mol. The van der Waals surface area contributed by atoms with Gasteiger partial charge in [0.05, 0.1) is 24.2 Å². The molecule has 0 aliphatic rings. The van der Waals surface area contributed by atoms with E-state index < -0.39 is 63.8 Å². The first-order valence-corrected chi connectivity index (χ1v) is 15.1. The van der Waals surface area contributed by atoms with E-state index in [1.54, 1.807) is 6.07 Å². The molecule has 2 aromatic carbocycles. The van der Waals surface area contributed by atoms with Crippen molar-refractivity contribution in [1.82, 2.24) is 10.2 Å². The van der Waals surface area contributed by atoms with Crippen LogP contribution < -0.4 is 16.8 Å². The number of halogens is 2. The molecular formula is C28H40F2N4O5S. The van der Waals surface area contributed by atoms with E-state index in [9.17, 15) is 31.9 Å². The molecule has 2 amide bonds. The number of nitrogens with two attached hydrogens (primary N) is 2. The maximum Gasteiger partial charge on any atom is 0.246 e. The Bertz CT molecular complexity index is 1220. The first-order chi connectivity index (χ1) is 18.9. The zero-order chi connectivity index (χ0) is 29.9. The summed E-state index contributed by atoms with van der Waals surface area (Å²) in [6.45, 7) is 3.03. The largest absolute Gasteiger partial charge is 0.390 e. The lowest BCUT2D eigenvalue weighted by Gasteiger charge is -2.31. The maximum atomic E-state index is 13.8. The second-order valence-electron chi connectivity index (χ2n) is 9.90. The number of aliphatic hydroxyl groups is 1. The van der Waals surface area contributed by atoms with Gasteiger partial charge in [-0.3, -0.25) is 9.59 Å². The quantitative estimate of drug-likeness (QED) is 0.233. The molecule has 0 fully saturated rings. The van der Waals surface area contributed by atoms with Gasteiger partial charge in [0.25, 0.3) is 0 Å². The summed E-state index contributed by atoms with van der Waals surface area (Å²) in [5.41, 5.74) is 13.5. The molecule has 12 heteroatoms. The van der Waals surface area contributed by atoms with Crippen LogP contribution in [0.25, 0.3) is 0 Å². The third kappa shape index (κ3) is 10.9. The Morgan fingerprint density at radius 3 is 2.30 bits per heavy atom. The molecule has 0 bridgehead atoms. The molecule has 6 N–H and O–H groups in total. The fourth-order valence-electron chi connectivity index (χ4n) is 4.25. The third-order valence-electron chi connectivity index (χ3n) is 6.43. The third-order valence-corrected chi connectivity index (χ3v) is 8.18. The number of rotatable bonds is 16. The summed E-state index contributed by atoms with van der Waals surface area (Å²) in [5.74, 6) is -3.79. The van der Waals surface area contributed by atoms with E-state index >= 15 is 0 Å². The predicted octanol–water partition coefficient (Wildman–Crippen LogP) is 1.45. The number of aryl methyl sites for hydroxylation is 1. The first kappa shape index (κ1) is 33.3. The Morgan fingerprint density at radius 2 is 1.70 bits per heavy atom. The second kappa shape index (κ2) is 15.8. The van der Waals surface area contributed by atoms with Gasteiger partial charge in [-0.1, -0.05) is 44.5 Å². The van der Waals surface area contributed by atoms with Crippen LogP contribution in [0.3, 0.4) is 0 Å². The molecular weight excluding hydrogens is 542 g/mol. The molecule has 0 unspecified atom stereocenters. The van der Waals surface area contributed by atoms with E-state index in [1.807, 2.05) is 32.0 Å². The van der Waals surface area contributed by atoms with Crippen molar-refractivity contribution in [3.8, 4) is 0 Å². The van der Waals surface area contributed by atoms with E-state index in [0.29, 0.717) is 12.8 Å². The van der Waals surface area contributed by atoms with Crippen LogP contribution >= 0.6 is 0 Å². The van der Waals surface area contributed by atoms with Crippen LogP contribution in [-0.4, -0.2) is 73.0 Å². The van der Waals surface area contributed by atoms with Crippen molar-refractivity contribution in [1.29, 1.82) is 0 Å². The molecule has 0 spiro atoms. The lowest BCUT2D eigenvalue weighted by Crippen LogP contribution is -2.55. The number of nitrogens with zero attached hydrogens (tertiary/aromatic N) is 1. The van der Waals surface area contributed by atoms with Gasteiger partial charge in [0.1, 0.15) is 17.7 Å². The summed E-state index contributed by atoms with van der Waals surface area (Å²) in [6.07, 6.45) is 0.348. The number of sulfone groups is 1. The average molecular weight is 583 g/mol. The Kier molecular flexibility index (Phi) is 13.1. The molecule has 0 aromatic heterocycles. The summed E-state index contributed by atoms with van der Waals surface area (Å²) < 4.78 is 52.8. The molecule has 0 heterocycles. The SMILES string of the molecule is CCCCS(=O)(=O)C[C@@H](NC(=O)CN)C(=O)N(Cc1cccc(CC)c1)C[C@@H](O)[C@@H](N)Cc1cc(F)cc(F)c1. The minimum Gasteiger partial charge on any atom is -0.390 e. The van der Waals surface area contributed by atoms with Gasteiger partial charge < -0.3 is 26.8 Å². The number of carbonyl (C=O) groups excluding carboxylic acids is 2. The molecule has 0 aliphatic carbocycles. The van der Waals surface area contributed by atoms with Gasteiger partial charge in [0, 0.05) is 25.2 Å². The smallest absolute Gasteiger partial charge is 0.246 e. The highest BCUT2D eigenvalue weighted by atomic mass is 32.2. The number of hydrogen-bond acceptors (Lipinski definition) is 7. The van der Waals surface area contributed by atoms with Gasteiger partial charge in [0.15, 0.2) is 9.84 Å². The molecule has 0 saturated carbocycles. The Balaban J connectivity index is 2.36. The first-order valence-electron chi connectivity index (χ1n) is 13.3. The number of nitrogens with one attached hydrogen (secondary N) is 1. The van der Waals surface area contributed by atoms with Gasteiger partial charge >= 0.3 is 0 Å². The molecule has 2 aromatic rings. The van der Waals surface area contributed by atoms with Crippen LogP contribution in [0.5, 0.6) is 0 Å². The van der Waals surface area contributed by atoms with Crippen LogP contribution in [0.4, 0.5) is 8.78 Å². The summed E-state index contributed by atoms with van der Waals surface area (Å²) in [4.78, 5) is 27.2. The molecule has 222 valence electrons. The summed E-state index contributed by atoms with van der Waals surface area (Å²) in [6, 6.07) is 7.89. The fourth-order valence-corrected chi connectivity index (χ4v) is 5.88. The lowest BCUT2D eigenvalue weighted by molar-refractivity contribution is -0.137. The molecule has 0 aliphatic heterocycles. The zero-order valence-electron chi connectivity index (χ0n) is 23.0. The van der Waals surface area contributed by atoms with Crippen molar-refractivity contribution in [2.45, 2.75) is 64.3 Å². The van der Waals surface area contributed by atoms with Crippen LogP contribution in [0.15, 0.2) is 42.5 Å². The molecule has 2 rings (SSSR count). The standard InChI is InChI=1S/C28H40F2N4O5S/c1-3-5-9-40(38,39)18-25(33-27(36)15-31)28(37)34(16-20-8-6-7-19(4-2)10-20)17-26(35)24(32)13-21-11-22(29)14-23(30)12-21/h6-8,10-12,14,24-26,35H,3-5,9,13,15-18,31-32H2,1-2H3,(H,33,36)/t24-,25+,26+/m0/s1. The lowest BCUT2D eigenvalue weighted by atomic mass is 10.0. The van der Waals surface area contributed by atoms with Gasteiger partial charge in [-0.05, 0) is 48.1 Å². The number of hydrogen-bond donors (Lipinski definition) is 4. The summed E-state index contributed by atoms with van der Waals surface area (Å²) in [7, 11) is -3.71. The number of benzene rings is 2. The van der Waals surface area contributed by atoms with E-state index in [4.69, 9.17) is 11.5 Å². The molecule has 0 saturated heterocycles. The van der Waals surface area contributed by atoms with Gasteiger partial charge in [-0.25, -0.2) is 17.2 Å². The second-order valence-corrected chi connectivity index (χ2v) is 12.1. The van der Waals surface area contributed by atoms with E-state index in [0.717, 1.165) is 35.7 Å². The highest BCUT2D eigenvalue weighted by molar-refractivity contribution is 7.91. The van der Waals surface area contributed by atoms with Crippen LogP contribution in [-0.2, 0) is 38.8 Å². The van der Waals surface area contributed by atoms with Crippen molar-refractivity contribution < 1.29 is 31.9 Å². The van der Waals surface area contributed by atoms with Crippen molar-refractivity contribution in [2.75, 3.05) is 24.6 Å². The van der Waals surface area contributed by atoms with Crippen molar-refractivity contribution in [3.05, 3.63) is 70.8 Å². The molecule has 0 radical (unpaired) electrons. The minimum absolute atomic E-state index is 0.00491. The topological polar surface area (TPSA) is 156 Å². The highest BCUT2D eigenvalue weighted by Crippen LogP contribution is 2.15. The Morgan fingerprint density at radius 1 is 1.05 bits per heavy atom. The van der Waals surface area contributed by atoms with Crippen LogP contribution in [0.1, 0.15) is 43.4 Å². The van der Waals surface area contributed by atoms with Gasteiger partial charge in [-0.2, -0.15) is 0 Å². The average Bonchev–Trinajstić information content (AvgIpc) is 2.90. The molecule has 40 heavy (non-hydrogen) atoms. The van der Waals surface area contributed by atoms with E-state index in [2.05, 4.69) is 5.32 Å². The zero-order valence-corrected chi connectivity index (χ0v) is 23.8. The minimum atomic E-state index is -3.71. The normalized spacial score (nSPS) is 13.9. The Hall–Kier alpha value is -2.93. The Labute approximate surface area is 234 Å². The van der Waals surface area contributed by atoms with E-state index in [1.165, 1.54) is 4.90 Å².